The molecule has 1 aliphatic carbocycles. The smallest absolute Gasteiger partial charge is 0.243 e. The van der Waals surface area contributed by atoms with Gasteiger partial charge in [-0.15, -0.1) is 11.3 Å². The summed E-state index contributed by atoms with van der Waals surface area (Å²) in [5.41, 5.74) is -0.789. The van der Waals surface area contributed by atoms with E-state index in [2.05, 4.69) is 11.6 Å². The van der Waals surface area contributed by atoms with Crippen molar-refractivity contribution in [2.24, 2.45) is 5.92 Å². The molecule has 8 heteroatoms. The molecule has 0 unspecified atom stereocenters. The Kier molecular flexibility index (Phi) is 5.04. The zero-order chi connectivity index (χ0) is 15.0. The molecule has 0 radical (unpaired) electrons. The number of thiophene rings is 1. The molecule has 1 aromatic heterocycles. The Morgan fingerprint density at radius 3 is 2.50 bits per heavy atom. The van der Waals surface area contributed by atoms with Crippen LogP contribution in [0.2, 0.25) is 8.67 Å². The predicted octanol–water partition coefficient (Wildman–Crippen LogP) is 3.27. The van der Waals surface area contributed by atoms with Gasteiger partial charge in [-0.2, -0.15) is 0 Å². The molecule has 1 heterocycles. The zero-order valence-electron chi connectivity index (χ0n) is 11.0. The first kappa shape index (κ1) is 16.5. The molecule has 2 rings (SSSR count). The predicted molar refractivity (Wildman–Crippen MR) is 82.1 cm³/mol. The summed E-state index contributed by atoms with van der Waals surface area (Å²) < 4.78 is 27.9. The van der Waals surface area contributed by atoms with Gasteiger partial charge in [-0.1, -0.05) is 30.1 Å². The highest BCUT2D eigenvalue weighted by atomic mass is 35.5. The van der Waals surface area contributed by atoms with Crippen molar-refractivity contribution in [2.75, 3.05) is 6.61 Å². The van der Waals surface area contributed by atoms with E-state index in [1.165, 1.54) is 6.07 Å². The molecular formula is C12H17Cl2NO3S2. The Morgan fingerprint density at radius 1 is 1.45 bits per heavy atom. The number of aliphatic hydroxyl groups is 1. The van der Waals surface area contributed by atoms with Crippen LogP contribution in [0.25, 0.3) is 0 Å². The number of rotatable bonds is 4. The third kappa shape index (κ3) is 3.48. The number of halogens is 2. The number of nitrogens with one attached hydrogen (secondary N) is 1. The molecule has 4 nitrogen and oxygen atoms in total. The highest BCUT2D eigenvalue weighted by Crippen LogP contribution is 2.37. The van der Waals surface area contributed by atoms with Gasteiger partial charge in [-0.05, 0) is 37.7 Å². The fraction of sp³-hybridized carbons (Fsp3) is 0.667. The Hall–Kier alpha value is 0.150. The maximum Gasteiger partial charge on any atom is 0.243 e. The molecule has 1 fully saturated rings. The first-order valence-electron chi connectivity index (χ1n) is 6.38. The van der Waals surface area contributed by atoms with Gasteiger partial charge in [0.1, 0.15) is 9.23 Å². The molecule has 2 N–H and O–H groups in total. The van der Waals surface area contributed by atoms with Gasteiger partial charge in [-0.25, -0.2) is 13.1 Å². The molecular weight excluding hydrogens is 341 g/mol. The van der Waals surface area contributed by atoms with E-state index in [1.54, 1.807) is 0 Å². The van der Waals surface area contributed by atoms with Crippen LogP contribution < -0.4 is 4.72 Å². The molecule has 1 aromatic rings. The molecule has 0 aliphatic heterocycles. The van der Waals surface area contributed by atoms with E-state index in [4.69, 9.17) is 23.2 Å². The topological polar surface area (TPSA) is 66.4 Å². The minimum atomic E-state index is -3.77. The van der Waals surface area contributed by atoms with Gasteiger partial charge in [0.05, 0.1) is 16.5 Å². The second-order valence-electron chi connectivity index (χ2n) is 5.41. The lowest BCUT2D eigenvalue weighted by atomic mass is 9.78. The van der Waals surface area contributed by atoms with E-state index in [-0.39, 0.29) is 15.8 Å². The third-order valence-electron chi connectivity index (χ3n) is 3.80. The molecule has 1 aliphatic rings. The third-order valence-corrected chi connectivity index (χ3v) is 7.13. The number of hydrogen-bond acceptors (Lipinski definition) is 4. The Labute approximate surface area is 133 Å². The molecule has 1 saturated carbocycles. The summed E-state index contributed by atoms with van der Waals surface area (Å²) in [5.74, 6) is 0.554. The number of hydrogen-bond donors (Lipinski definition) is 2. The zero-order valence-corrected chi connectivity index (χ0v) is 14.2. The normalized spacial score (nSPS) is 27.7. The van der Waals surface area contributed by atoms with E-state index in [1.807, 2.05) is 0 Å². The molecule has 0 aromatic carbocycles. The van der Waals surface area contributed by atoms with Crippen LogP contribution in [0.15, 0.2) is 11.0 Å². The van der Waals surface area contributed by atoms with Crippen LogP contribution in [-0.2, 0) is 10.0 Å². The lowest BCUT2D eigenvalue weighted by Crippen LogP contribution is -2.53. The molecule has 0 atom stereocenters. The second-order valence-corrected chi connectivity index (χ2v) is 9.35. The van der Waals surface area contributed by atoms with Gasteiger partial charge in [0.25, 0.3) is 0 Å². The van der Waals surface area contributed by atoms with Crippen LogP contribution >= 0.6 is 34.5 Å². The van der Waals surface area contributed by atoms with Gasteiger partial charge in [-0.3, -0.25) is 0 Å². The summed E-state index contributed by atoms with van der Waals surface area (Å²) in [5, 5.41) is 9.63. The van der Waals surface area contributed by atoms with Gasteiger partial charge in [0.2, 0.25) is 10.0 Å². The molecule has 20 heavy (non-hydrogen) atoms. The molecule has 0 bridgehead atoms. The fourth-order valence-electron chi connectivity index (χ4n) is 2.46. The number of aliphatic hydroxyl groups excluding tert-OH is 1. The second kappa shape index (κ2) is 6.10. The quantitative estimate of drug-likeness (QED) is 0.868. The molecule has 0 spiro atoms. The first-order valence-corrected chi connectivity index (χ1v) is 9.43. The maximum absolute atomic E-state index is 12.4. The summed E-state index contributed by atoms with van der Waals surface area (Å²) in [6, 6.07) is 1.34. The Bertz CT molecular complexity index is 578. The van der Waals surface area contributed by atoms with Crippen LogP contribution in [-0.4, -0.2) is 25.7 Å². The maximum atomic E-state index is 12.4. The van der Waals surface area contributed by atoms with Gasteiger partial charge < -0.3 is 5.11 Å². The van der Waals surface area contributed by atoms with Crippen LogP contribution in [0.1, 0.15) is 32.6 Å². The van der Waals surface area contributed by atoms with Crippen molar-refractivity contribution in [1.29, 1.82) is 0 Å². The van der Waals surface area contributed by atoms with E-state index < -0.39 is 15.6 Å². The van der Waals surface area contributed by atoms with Gasteiger partial charge in [0.15, 0.2) is 0 Å². The molecule has 0 saturated heterocycles. The van der Waals surface area contributed by atoms with Gasteiger partial charge >= 0.3 is 0 Å². The van der Waals surface area contributed by atoms with Gasteiger partial charge in [0, 0.05) is 0 Å². The fourth-order valence-corrected chi connectivity index (χ4v) is 6.06. The van der Waals surface area contributed by atoms with Crippen LogP contribution in [0.5, 0.6) is 0 Å². The van der Waals surface area contributed by atoms with Crippen molar-refractivity contribution >= 4 is 44.6 Å². The average Bonchev–Trinajstić information content (AvgIpc) is 2.72. The Morgan fingerprint density at radius 2 is 2.05 bits per heavy atom. The van der Waals surface area contributed by atoms with Crippen molar-refractivity contribution in [2.45, 2.75) is 43.0 Å². The summed E-state index contributed by atoms with van der Waals surface area (Å²) >= 11 is 12.7. The molecule has 114 valence electrons. The van der Waals surface area contributed by atoms with Crippen molar-refractivity contribution < 1.29 is 13.5 Å². The molecule has 0 amide bonds. The van der Waals surface area contributed by atoms with E-state index in [9.17, 15) is 13.5 Å². The Balaban J connectivity index is 2.24. The lowest BCUT2D eigenvalue weighted by Gasteiger charge is -2.38. The minimum absolute atomic E-state index is 0.0133. The highest BCUT2D eigenvalue weighted by molar-refractivity contribution is 7.89. The average molecular weight is 358 g/mol. The van der Waals surface area contributed by atoms with Crippen molar-refractivity contribution in [3.63, 3.8) is 0 Å². The SMILES string of the molecule is CC1CCC(CO)(NS(=O)(=O)c2cc(Cl)sc2Cl)CC1. The minimum Gasteiger partial charge on any atom is -0.394 e. The van der Waals surface area contributed by atoms with E-state index in [0.717, 1.165) is 24.2 Å². The highest BCUT2D eigenvalue weighted by Gasteiger charge is 2.38. The first-order chi connectivity index (χ1) is 9.28. The summed E-state index contributed by atoms with van der Waals surface area (Å²) in [4.78, 5) is -0.0133. The summed E-state index contributed by atoms with van der Waals surface area (Å²) in [6.07, 6.45) is 3.03. The monoisotopic (exact) mass is 357 g/mol. The van der Waals surface area contributed by atoms with E-state index >= 15 is 0 Å². The van der Waals surface area contributed by atoms with E-state index in [0.29, 0.717) is 23.1 Å². The van der Waals surface area contributed by atoms with Crippen LogP contribution in [0, 0.1) is 5.92 Å². The largest absolute Gasteiger partial charge is 0.394 e. The van der Waals surface area contributed by atoms with Crippen molar-refractivity contribution in [3.8, 4) is 0 Å². The summed E-state index contributed by atoms with van der Waals surface area (Å²) in [7, 11) is -3.77. The van der Waals surface area contributed by atoms with Crippen molar-refractivity contribution in [1.82, 2.24) is 4.72 Å². The van der Waals surface area contributed by atoms with Crippen LogP contribution in [0.3, 0.4) is 0 Å². The summed E-state index contributed by atoms with van der Waals surface area (Å²) in [6.45, 7) is 1.92. The van der Waals surface area contributed by atoms with Crippen LogP contribution in [0.4, 0.5) is 0 Å². The standard InChI is InChI=1S/C12H17Cl2NO3S2/c1-8-2-4-12(7-16,5-3-8)15-20(17,18)9-6-10(13)19-11(9)14/h6,8,15-16H,2-5,7H2,1H3. The number of sulfonamides is 1. The van der Waals surface area contributed by atoms with Crippen molar-refractivity contribution in [3.05, 3.63) is 14.7 Å². The lowest BCUT2D eigenvalue weighted by molar-refractivity contribution is 0.125.